The number of pyridine rings is 1. The van der Waals surface area contributed by atoms with E-state index in [1.165, 1.54) is 24.0 Å². The lowest BCUT2D eigenvalue weighted by Crippen LogP contribution is -2.10. The maximum absolute atomic E-state index is 4.76. The quantitative estimate of drug-likeness (QED) is 0.615. The second kappa shape index (κ2) is 5.83. The Labute approximate surface area is 149 Å². The maximum Gasteiger partial charge on any atom is 0.156 e. The first-order valence-electron chi connectivity index (χ1n) is 9.05. The van der Waals surface area contributed by atoms with Crippen molar-refractivity contribution in [2.24, 2.45) is 5.92 Å². The Hall–Kier alpha value is -2.42. The predicted octanol–water partition coefficient (Wildman–Crippen LogP) is 5.20. The molecular weight excluding hydrogens is 306 g/mol. The molecule has 1 aliphatic carbocycles. The van der Waals surface area contributed by atoms with Crippen molar-refractivity contribution in [1.82, 2.24) is 14.6 Å². The molecule has 1 aromatic carbocycles. The van der Waals surface area contributed by atoms with E-state index in [-0.39, 0.29) is 5.41 Å². The zero-order valence-electron chi connectivity index (χ0n) is 15.3. The summed E-state index contributed by atoms with van der Waals surface area (Å²) in [4.78, 5) is 4.70. The summed E-state index contributed by atoms with van der Waals surface area (Å²) in [5, 5.41) is 4.76. The van der Waals surface area contributed by atoms with Crippen LogP contribution in [0.15, 0.2) is 54.6 Å². The van der Waals surface area contributed by atoms with Crippen molar-refractivity contribution in [2.75, 3.05) is 0 Å². The summed E-state index contributed by atoms with van der Waals surface area (Å²) < 4.78 is 1.96. The zero-order chi connectivity index (χ0) is 17.6. The highest BCUT2D eigenvalue weighted by Gasteiger charge is 2.25. The van der Waals surface area contributed by atoms with E-state index in [4.69, 9.17) is 10.1 Å². The average Bonchev–Trinajstić information content (AvgIpc) is 3.34. The van der Waals surface area contributed by atoms with Gasteiger partial charge in [0.25, 0.3) is 0 Å². The second-order valence-electron chi connectivity index (χ2n) is 8.15. The molecular formula is C22H25N3. The molecule has 0 aliphatic heterocycles. The van der Waals surface area contributed by atoms with Gasteiger partial charge in [0, 0.05) is 12.0 Å². The summed E-state index contributed by atoms with van der Waals surface area (Å²) in [6.07, 6.45) is 3.34. The van der Waals surface area contributed by atoms with Gasteiger partial charge in [0.2, 0.25) is 0 Å². The van der Waals surface area contributed by atoms with Crippen LogP contribution < -0.4 is 0 Å². The molecule has 2 heterocycles. The molecule has 2 aromatic heterocycles. The molecule has 1 aliphatic rings. The fraction of sp³-hybridized carbons (Fsp3) is 0.364. The smallest absolute Gasteiger partial charge is 0.156 e. The SMILES string of the molecule is C=C(Cc1nc2cccc(-c3ccc(C(C)(C)C)cc3)n2n1)C1CC1. The van der Waals surface area contributed by atoms with E-state index < -0.39 is 0 Å². The molecule has 4 rings (SSSR count). The summed E-state index contributed by atoms with van der Waals surface area (Å²) >= 11 is 0. The minimum absolute atomic E-state index is 0.161. The van der Waals surface area contributed by atoms with E-state index in [1.54, 1.807) is 0 Å². The van der Waals surface area contributed by atoms with Crippen molar-refractivity contribution in [3.8, 4) is 11.3 Å². The van der Waals surface area contributed by atoms with Gasteiger partial charge in [-0.25, -0.2) is 9.50 Å². The van der Waals surface area contributed by atoms with Crippen molar-refractivity contribution >= 4 is 5.65 Å². The third-order valence-electron chi connectivity index (χ3n) is 4.99. The molecule has 0 radical (unpaired) electrons. The Balaban J connectivity index is 1.69. The van der Waals surface area contributed by atoms with E-state index in [0.29, 0.717) is 5.92 Å². The largest absolute Gasteiger partial charge is 0.213 e. The fourth-order valence-electron chi connectivity index (χ4n) is 3.22. The molecule has 3 aromatic rings. The van der Waals surface area contributed by atoms with Crippen LogP contribution in [0.3, 0.4) is 0 Å². The molecule has 0 N–H and O–H groups in total. The van der Waals surface area contributed by atoms with Gasteiger partial charge < -0.3 is 0 Å². The van der Waals surface area contributed by atoms with Crippen LogP contribution >= 0.6 is 0 Å². The van der Waals surface area contributed by atoms with Crippen LogP contribution in [0.5, 0.6) is 0 Å². The van der Waals surface area contributed by atoms with Gasteiger partial charge in [0.15, 0.2) is 11.5 Å². The number of rotatable bonds is 4. The Bertz CT molecular complexity index is 922. The van der Waals surface area contributed by atoms with Crippen molar-refractivity contribution in [3.63, 3.8) is 0 Å². The lowest BCUT2D eigenvalue weighted by molar-refractivity contribution is 0.590. The first-order valence-corrected chi connectivity index (χ1v) is 9.05. The number of fused-ring (bicyclic) bond motifs is 1. The second-order valence-corrected chi connectivity index (χ2v) is 8.15. The van der Waals surface area contributed by atoms with Crippen molar-refractivity contribution in [2.45, 2.75) is 45.4 Å². The minimum Gasteiger partial charge on any atom is -0.213 e. The average molecular weight is 331 g/mol. The van der Waals surface area contributed by atoms with Gasteiger partial charge in [-0.15, -0.1) is 0 Å². The van der Waals surface area contributed by atoms with Gasteiger partial charge in [0.1, 0.15) is 0 Å². The first-order chi connectivity index (χ1) is 11.9. The summed E-state index contributed by atoms with van der Waals surface area (Å²) in [6, 6.07) is 15.0. The van der Waals surface area contributed by atoms with Gasteiger partial charge in [-0.2, -0.15) is 5.10 Å². The summed E-state index contributed by atoms with van der Waals surface area (Å²) in [5.74, 6) is 1.56. The third kappa shape index (κ3) is 3.23. The lowest BCUT2D eigenvalue weighted by atomic mass is 9.86. The van der Waals surface area contributed by atoms with Crippen LogP contribution in [0.2, 0.25) is 0 Å². The normalized spacial score (nSPS) is 14.8. The molecule has 3 nitrogen and oxygen atoms in total. The highest BCUT2D eigenvalue weighted by molar-refractivity contribution is 5.63. The zero-order valence-corrected chi connectivity index (χ0v) is 15.3. The highest BCUT2D eigenvalue weighted by atomic mass is 15.3. The van der Waals surface area contributed by atoms with Crippen molar-refractivity contribution in [1.29, 1.82) is 0 Å². The molecule has 3 heteroatoms. The minimum atomic E-state index is 0.161. The Morgan fingerprint density at radius 2 is 1.84 bits per heavy atom. The Morgan fingerprint density at radius 1 is 1.12 bits per heavy atom. The molecule has 0 bridgehead atoms. The lowest BCUT2D eigenvalue weighted by Gasteiger charge is -2.19. The molecule has 0 saturated heterocycles. The van der Waals surface area contributed by atoms with Crippen LogP contribution in [0.25, 0.3) is 16.9 Å². The van der Waals surface area contributed by atoms with Gasteiger partial charge in [-0.3, -0.25) is 0 Å². The van der Waals surface area contributed by atoms with E-state index in [0.717, 1.165) is 29.1 Å². The molecule has 128 valence electrons. The van der Waals surface area contributed by atoms with Crippen LogP contribution in [0, 0.1) is 5.92 Å². The van der Waals surface area contributed by atoms with Crippen LogP contribution in [0.4, 0.5) is 0 Å². The predicted molar refractivity (Wildman–Crippen MR) is 103 cm³/mol. The van der Waals surface area contributed by atoms with Crippen LogP contribution in [-0.4, -0.2) is 14.6 Å². The molecule has 1 fully saturated rings. The monoisotopic (exact) mass is 331 g/mol. The third-order valence-corrected chi connectivity index (χ3v) is 4.99. The summed E-state index contributed by atoms with van der Waals surface area (Å²) in [7, 11) is 0. The number of aromatic nitrogens is 3. The highest BCUT2D eigenvalue weighted by Crippen LogP contribution is 2.36. The topological polar surface area (TPSA) is 30.2 Å². The van der Waals surface area contributed by atoms with E-state index in [9.17, 15) is 0 Å². The van der Waals surface area contributed by atoms with Crippen molar-refractivity contribution < 1.29 is 0 Å². The number of hydrogen-bond donors (Lipinski definition) is 0. The molecule has 1 saturated carbocycles. The van der Waals surface area contributed by atoms with E-state index in [2.05, 4.69) is 63.7 Å². The van der Waals surface area contributed by atoms with Crippen molar-refractivity contribution in [3.05, 3.63) is 66.0 Å². The molecule has 25 heavy (non-hydrogen) atoms. The Kier molecular flexibility index (Phi) is 3.75. The van der Waals surface area contributed by atoms with Gasteiger partial charge >= 0.3 is 0 Å². The van der Waals surface area contributed by atoms with Crippen LogP contribution in [0.1, 0.15) is 45.0 Å². The van der Waals surface area contributed by atoms with Gasteiger partial charge in [-0.05, 0) is 41.9 Å². The first kappa shape index (κ1) is 16.1. The fourth-order valence-corrected chi connectivity index (χ4v) is 3.22. The standard InChI is InChI=1S/C22H25N3/c1-15(16-8-9-16)14-20-23-21-7-5-6-19(25(21)24-20)17-10-12-18(13-11-17)22(2,3)4/h5-7,10-13,16H,1,8-9,14H2,2-4H3. The van der Waals surface area contributed by atoms with Gasteiger partial charge in [-0.1, -0.05) is 63.3 Å². The number of hydrogen-bond acceptors (Lipinski definition) is 2. The molecule has 0 spiro atoms. The van der Waals surface area contributed by atoms with Crippen LogP contribution in [-0.2, 0) is 11.8 Å². The molecule has 0 amide bonds. The van der Waals surface area contributed by atoms with E-state index >= 15 is 0 Å². The van der Waals surface area contributed by atoms with Gasteiger partial charge in [0.05, 0.1) is 5.69 Å². The molecule has 0 unspecified atom stereocenters. The maximum atomic E-state index is 4.76. The van der Waals surface area contributed by atoms with E-state index in [1.807, 2.05) is 10.6 Å². The summed E-state index contributed by atoms with van der Waals surface area (Å²) in [5.41, 5.74) is 5.91. The Morgan fingerprint density at radius 3 is 2.48 bits per heavy atom. The number of benzene rings is 1. The summed E-state index contributed by atoms with van der Waals surface area (Å²) in [6.45, 7) is 10.9. The number of nitrogens with zero attached hydrogens (tertiary/aromatic N) is 3. The molecule has 0 atom stereocenters. The number of allylic oxidation sites excluding steroid dienone is 1.